The summed E-state index contributed by atoms with van der Waals surface area (Å²) in [6.07, 6.45) is 0. The standard InChI is InChI=1S/C18H21N5O3S/c1-10-8-16-21-22-18(23(16)12(3)19-10)27-11(2)17(24)20-13-6-7-14(25-4)15(9-13)26-5/h6-9,11H,1-5H3,(H,20,24). The van der Waals surface area contributed by atoms with Gasteiger partial charge in [-0.25, -0.2) is 4.98 Å². The van der Waals surface area contributed by atoms with Crippen molar-refractivity contribution in [3.05, 3.63) is 35.8 Å². The smallest absolute Gasteiger partial charge is 0.237 e. The number of methoxy groups -OCH3 is 2. The van der Waals surface area contributed by atoms with E-state index in [1.165, 1.54) is 11.8 Å². The Morgan fingerprint density at radius 2 is 1.89 bits per heavy atom. The predicted molar refractivity (Wildman–Crippen MR) is 104 cm³/mol. The molecule has 0 fully saturated rings. The Balaban J connectivity index is 1.75. The van der Waals surface area contributed by atoms with Gasteiger partial charge < -0.3 is 14.8 Å². The number of aryl methyl sites for hydroxylation is 2. The number of ether oxygens (including phenoxy) is 2. The number of fused-ring (bicyclic) bond motifs is 1. The van der Waals surface area contributed by atoms with Crippen LogP contribution in [-0.4, -0.2) is 45.0 Å². The third-order valence-corrected chi connectivity index (χ3v) is 5.00. The predicted octanol–water partition coefficient (Wildman–Crippen LogP) is 2.88. The Labute approximate surface area is 161 Å². The van der Waals surface area contributed by atoms with Crippen LogP contribution in [0.4, 0.5) is 5.69 Å². The van der Waals surface area contributed by atoms with Crippen molar-refractivity contribution in [3.63, 3.8) is 0 Å². The van der Waals surface area contributed by atoms with Gasteiger partial charge in [0, 0.05) is 23.5 Å². The van der Waals surface area contributed by atoms with Gasteiger partial charge in [-0.1, -0.05) is 11.8 Å². The molecule has 1 N–H and O–H groups in total. The molecule has 8 nitrogen and oxygen atoms in total. The largest absolute Gasteiger partial charge is 0.493 e. The first-order valence-corrected chi connectivity index (χ1v) is 9.20. The first kappa shape index (κ1) is 19.0. The topological polar surface area (TPSA) is 90.6 Å². The fourth-order valence-corrected chi connectivity index (χ4v) is 3.55. The summed E-state index contributed by atoms with van der Waals surface area (Å²) in [5.41, 5.74) is 2.22. The maximum Gasteiger partial charge on any atom is 0.237 e. The van der Waals surface area contributed by atoms with E-state index in [4.69, 9.17) is 9.47 Å². The maximum atomic E-state index is 12.6. The number of nitrogens with zero attached hydrogens (tertiary/aromatic N) is 4. The van der Waals surface area contributed by atoms with E-state index >= 15 is 0 Å². The molecule has 0 aliphatic heterocycles. The number of benzene rings is 1. The van der Waals surface area contributed by atoms with Crippen LogP contribution < -0.4 is 14.8 Å². The fraction of sp³-hybridized carbons (Fsp3) is 0.333. The molecule has 2 heterocycles. The summed E-state index contributed by atoms with van der Waals surface area (Å²) >= 11 is 1.33. The first-order valence-electron chi connectivity index (χ1n) is 8.32. The first-order chi connectivity index (χ1) is 12.9. The van der Waals surface area contributed by atoms with Gasteiger partial charge >= 0.3 is 0 Å². The van der Waals surface area contributed by atoms with Crippen LogP contribution >= 0.6 is 11.8 Å². The molecule has 3 rings (SSSR count). The molecule has 0 saturated carbocycles. The molecule has 0 aliphatic rings. The van der Waals surface area contributed by atoms with Gasteiger partial charge in [0.1, 0.15) is 5.82 Å². The van der Waals surface area contributed by atoms with E-state index in [-0.39, 0.29) is 11.2 Å². The van der Waals surface area contributed by atoms with Gasteiger partial charge in [0.25, 0.3) is 0 Å². The molecule has 0 radical (unpaired) electrons. The second-order valence-corrected chi connectivity index (χ2v) is 7.25. The number of amides is 1. The average molecular weight is 387 g/mol. The van der Waals surface area contributed by atoms with Crippen LogP contribution in [0.3, 0.4) is 0 Å². The quantitative estimate of drug-likeness (QED) is 0.650. The van der Waals surface area contributed by atoms with Crippen LogP contribution in [0.25, 0.3) is 5.65 Å². The zero-order valence-corrected chi connectivity index (χ0v) is 16.6. The monoisotopic (exact) mass is 387 g/mol. The summed E-state index contributed by atoms with van der Waals surface area (Å²) in [4.78, 5) is 17.0. The summed E-state index contributed by atoms with van der Waals surface area (Å²) in [7, 11) is 3.12. The Morgan fingerprint density at radius 1 is 1.15 bits per heavy atom. The van der Waals surface area contributed by atoms with Gasteiger partial charge in [-0.3, -0.25) is 9.20 Å². The number of nitrogens with one attached hydrogen (secondary N) is 1. The molecular weight excluding hydrogens is 366 g/mol. The highest BCUT2D eigenvalue weighted by Crippen LogP contribution is 2.30. The summed E-state index contributed by atoms with van der Waals surface area (Å²) in [5.74, 6) is 1.79. The summed E-state index contributed by atoms with van der Waals surface area (Å²) in [5, 5.41) is 11.5. The highest BCUT2D eigenvalue weighted by atomic mass is 32.2. The van der Waals surface area contributed by atoms with Crippen LogP contribution in [0.1, 0.15) is 18.4 Å². The molecule has 142 valence electrons. The number of carbonyl (C=O) groups is 1. The second kappa shape index (κ2) is 7.83. The second-order valence-electron chi connectivity index (χ2n) is 5.94. The van der Waals surface area contributed by atoms with Crippen LogP contribution in [0.15, 0.2) is 29.4 Å². The number of aromatic nitrogens is 4. The molecule has 1 atom stereocenters. The third kappa shape index (κ3) is 3.97. The zero-order chi connectivity index (χ0) is 19.6. The van der Waals surface area contributed by atoms with Crippen LogP contribution in [-0.2, 0) is 4.79 Å². The van der Waals surface area contributed by atoms with E-state index in [1.807, 2.05) is 31.2 Å². The minimum Gasteiger partial charge on any atom is -0.493 e. The van der Waals surface area contributed by atoms with Crippen molar-refractivity contribution in [1.82, 2.24) is 19.6 Å². The number of hydrogen-bond acceptors (Lipinski definition) is 7. The number of rotatable bonds is 6. The Hall–Kier alpha value is -2.81. The van der Waals surface area contributed by atoms with Gasteiger partial charge in [0.15, 0.2) is 22.3 Å². The summed E-state index contributed by atoms with van der Waals surface area (Å²) in [6.45, 7) is 5.62. The number of anilines is 1. The van der Waals surface area contributed by atoms with Gasteiger partial charge in [0.05, 0.1) is 19.5 Å². The lowest BCUT2D eigenvalue weighted by molar-refractivity contribution is -0.115. The number of hydrogen-bond donors (Lipinski definition) is 1. The van der Waals surface area contributed by atoms with E-state index < -0.39 is 0 Å². The highest BCUT2D eigenvalue weighted by molar-refractivity contribution is 8.00. The molecule has 0 saturated heterocycles. The van der Waals surface area contributed by atoms with Crippen molar-refractivity contribution in [2.24, 2.45) is 0 Å². The van der Waals surface area contributed by atoms with Crippen molar-refractivity contribution in [2.45, 2.75) is 31.2 Å². The molecule has 3 aromatic rings. The van der Waals surface area contributed by atoms with E-state index in [1.54, 1.807) is 32.4 Å². The SMILES string of the molecule is COc1ccc(NC(=O)C(C)Sc2nnc3cc(C)nc(C)n23)cc1OC. The van der Waals surface area contributed by atoms with E-state index in [9.17, 15) is 4.79 Å². The van der Waals surface area contributed by atoms with Crippen molar-refractivity contribution in [1.29, 1.82) is 0 Å². The molecule has 1 aromatic carbocycles. The lowest BCUT2D eigenvalue weighted by Gasteiger charge is -2.13. The van der Waals surface area contributed by atoms with Gasteiger partial charge in [0.2, 0.25) is 5.91 Å². The Bertz CT molecular complexity index is 989. The normalized spacial score (nSPS) is 12.0. The van der Waals surface area contributed by atoms with Crippen molar-refractivity contribution in [2.75, 3.05) is 19.5 Å². The Kier molecular flexibility index (Phi) is 5.50. The van der Waals surface area contributed by atoms with Gasteiger partial charge in [-0.05, 0) is 32.9 Å². The molecule has 2 aromatic heterocycles. The van der Waals surface area contributed by atoms with Crippen molar-refractivity contribution in [3.8, 4) is 11.5 Å². The average Bonchev–Trinajstić information content (AvgIpc) is 3.04. The minimum absolute atomic E-state index is 0.151. The van der Waals surface area contributed by atoms with E-state index in [0.29, 0.717) is 22.3 Å². The van der Waals surface area contributed by atoms with Crippen LogP contribution in [0, 0.1) is 13.8 Å². The number of thioether (sulfide) groups is 1. The van der Waals surface area contributed by atoms with E-state index in [0.717, 1.165) is 17.2 Å². The molecule has 9 heteroatoms. The van der Waals surface area contributed by atoms with Gasteiger partial charge in [-0.15, -0.1) is 10.2 Å². The van der Waals surface area contributed by atoms with Gasteiger partial charge in [-0.2, -0.15) is 0 Å². The number of carbonyl (C=O) groups excluding carboxylic acids is 1. The summed E-state index contributed by atoms with van der Waals surface area (Å²) in [6, 6.07) is 7.09. The molecule has 0 bridgehead atoms. The van der Waals surface area contributed by atoms with Crippen molar-refractivity contribution < 1.29 is 14.3 Å². The zero-order valence-electron chi connectivity index (χ0n) is 15.8. The van der Waals surface area contributed by atoms with Crippen LogP contribution in [0.5, 0.6) is 11.5 Å². The van der Waals surface area contributed by atoms with E-state index in [2.05, 4.69) is 20.5 Å². The molecular formula is C18H21N5O3S. The lowest BCUT2D eigenvalue weighted by atomic mass is 10.2. The summed E-state index contributed by atoms with van der Waals surface area (Å²) < 4.78 is 12.3. The highest BCUT2D eigenvalue weighted by Gasteiger charge is 2.20. The lowest BCUT2D eigenvalue weighted by Crippen LogP contribution is -2.22. The molecule has 1 amide bonds. The maximum absolute atomic E-state index is 12.6. The van der Waals surface area contributed by atoms with Crippen LogP contribution in [0.2, 0.25) is 0 Å². The molecule has 0 spiro atoms. The molecule has 0 aliphatic carbocycles. The molecule has 1 unspecified atom stereocenters. The van der Waals surface area contributed by atoms with Crippen molar-refractivity contribution >= 4 is 29.0 Å². The third-order valence-electron chi connectivity index (χ3n) is 3.96. The fourth-order valence-electron chi connectivity index (χ4n) is 2.65. The Morgan fingerprint density at radius 3 is 2.59 bits per heavy atom. The minimum atomic E-state index is -0.383. The molecule has 27 heavy (non-hydrogen) atoms.